The summed E-state index contributed by atoms with van der Waals surface area (Å²) in [5.74, 6) is 0.897. The Hall–Kier alpha value is -1.95. The zero-order chi connectivity index (χ0) is 12.5. The molecule has 0 atom stereocenters. The van der Waals surface area contributed by atoms with Crippen LogP contribution >= 0.6 is 0 Å². The minimum Gasteiger partial charge on any atom is -0.378 e. The van der Waals surface area contributed by atoms with E-state index < -0.39 is 0 Å². The maximum Gasteiger partial charge on any atom is 0.151 e. The molecule has 6 nitrogen and oxygen atoms in total. The Morgan fingerprint density at radius 1 is 1.33 bits per heavy atom. The second-order valence-corrected chi connectivity index (χ2v) is 4.45. The predicted octanol–water partition coefficient (Wildman–Crippen LogP) is 1.17. The van der Waals surface area contributed by atoms with Gasteiger partial charge in [-0.15, -0.1) is 5.10 Å². The van der Waals surface area contributed by atoms with Gasteiger partial charge in [-0.2, -0.15) is 10.2 Å². The third-order valence-electron chi connectivity index (χ3n) is 3.13. The minimum atomic E-state index is 0.541. The quantitative estimate of drug-likeness (QED) is 0.879. The number of rotatable bonds is 3. The van der Waals surface area contributed by atoms with Crippen molar-refractivity contribution in [3.05, 3.63) is 34.8 Å². The molecule has 2 aromatic rings. The van der Waals surface area contributed by atoms with Gasteiger partial charge in [0.25, 0.3) is 0 Å². The molecule has 3 heterocycles. The third kappa shape index (κ3) is 1.84. The van der Waals surface area contributed by atoms with Gasteiger partial charge in [0.05, 0.1) is 30.2 Å². The predicted molar refractivity (Wildman–Crippen MR) is 66.0 cm³/mol. The molecule has 0 amide bonds. The number of aromatic amines is 1. The van der Waals surface area contributed by atoms with Gasteiger partial charge < -0.3 is 9.64 Å². The lowest BCUT2D eigenvalue weighted by atomic mass is 10.2. The fourth-order valence-corrected chi connectivity index (χ4v) is 2.18. The maximum atomic E-state index is 5.14. The van der Waals surface area contributed by atoms with Gasteiger partial charge in [-0.05, 0) is 19.1 Å². The Kier molecular flexibility index (Phi) is 2.71. The molecular weight excluding hydrogens is 230 g/mol. The van der Waals surface area contributed by atoms with Gasteiger partial charge in [0.2, 0.25) is 0 Å². The molecule has 1 aliphatic heterocycles. The van der Waals surface area contributed by atoms with E-state index in [4.69, 9.17) is 4.74 Å². The van der Waals surface area contributed by atoms with Crippen LogP contribution in [0.1, 0.15) is 22.6 Å². The van der Waals surface area contributed by atoms with Crippen molar-refractivity contribution in [2.24, 2.45) is 0 Å². The first-order valence-corrected chi connectivity index (χ1v) is 5.87. The van der Waals surface area contributed by atoms with Gasteiger partial charge in [0.1, 0.15) is 0 Å². The normalized spacial score (nSPS) is 14.0. The molecule has 0 radical (unpaired) electrons. The number of nitrogens with zero attached hydrogens (tertiary/aromatic N) is 4. The monoisotopic (exact) mass is 245 g/mol. The lowest BCUT2D eigenvalue weighted by molar-refractivity contribution is 0.180. The summed E-state index contributed by atoms with van der Waals surface area (Å²) in [4.78, 5) is 2.18. The van der Waals surface area contributed by atoms with Crippen molar-refractivity contribution in [1.29, 1.82) is 0 Å². The van der Waals surface area contributed by atoms with Gasteiger partial charge in [-0.25, -0.2) is 0 Å². The molecule has 2 aromatic heterocycles. The molecule has 0 saturated heterocycles. The van der Waals surface area contributed by atoms with Crippen molar-refractivity contribution in [2.75, 3.05) is 12.0 Å². The summed E-state index contributed by atoms with van der Waals surface area (Å²) in [6.45, 7) is 4.08. The molecule has 0 spiro atoms. The number of aromatic nitrogens is 4. The highest BCUT2D eigenvalue weighted by atomic mass is 16.5. The molecule has 3 rings (SSSR count). The zero-order valence-corrected chi connectivity index (χ0v) is 10.5. The Morgan fingerprint density at radius 3 is 2.94 bits per heavy atom. The first-order valence-electron chi connectivity index (χ1n) is 5.87. The van der Waals surface area contributed by atoms with Gasteiger partial charge in [-0.1, -0.05) is 0 Å². The molecule has 1 N–H and O–H groups in total. The smallest absolute Gasteiger partial charge is 0.151 e. The van der Waals surface area contributed by atoms with Crippen LogP contribution in [-0.4, -0.2) is 27.5 Å². The van der Waals surface area contributed by atoms with E-state index in [1.54, 1.807) is 7.11 Å². The maximum absolute atomic E-state index is 5.14. The van der Waals surface area contributed by atoms with Crippen molar-refractivity contribution in [1.82, 2.24) is 20.4 Å². The summed E-state index contributed by atoms with van der Waals surface area (Å²) in [6, 6.07) is 3.97. The number of aryl methyl sites for hydroxylation is 1. The van der Waals surface area contributed by atoms with Crippen LogP contribution in [0.25, 0.3) is 0 Å². The van der Waals surface area contributed by atoms with Gasteiger partial charge in [0, 0.05) is 19.2 Å². The van der Waals surface area contributed by atoms with E-state index in [0.717, 1.165) is 36.0 Å². The summed E-state index contributed by atoms with van der Waals surface area (Å²) in [5, 5.41) is 15.6. The van der Waals surface area contributed by atoms with Crippen LogP contribution in [0.3, 0.4) is 0 Å². The fraction of sp³-hybridized carbons (Fsp3) is 0.417. The molecule has 1 aliphatic rings. The van der Waals surface area contributed by atoms with Crippen molar-refractivity contribution in [3.8, 4) is 0 Å². The Labute approximate surface area is 105 Å². The Balaban J connectivity index is 1.82. The average molecular weight is 245 g/mol. The molecule has 18 heavy (non-hydrogen) atoms. The van der Waals surface area contributed by atoms with Crippen LogP contribution in [0.4, 0.5) is 5.82 Å². The summed E-state index contributed by atoms with van der Waals surface area (Å²) in [7, 11) is 1.68. The van der Waals surface area contributed by atoms with Crippen LogP contribution in [0, 0.1) is 6.92 Å². The van der Waals surface area contributed by atoms with E-state index in [0.29, 0.717) is 6.61 Å². The molecule has 0 saturated carbocycles. The Bertz CT molecular complexity index is 548. The van der Waals surface area contributed by atoms with E-state index in [9.17, 15) is 0 Å². The van der Waals surface area contributed by atoms with Crippen LogP contribution in [0.5, 0.6) is 0 Å². The van der Waals surface area contributed by atoms with Gasteiger partial charge in [0.15, 0.2) is 5.82 Å². The summed E-state index contributed by atoms with van der Waals surface area (Å²) in [5.41, 5.74) is 4.27. The first-order chi connectivity index (χ1) is 8.78. The third-order valence-corrected chi connectivity index (χ3v) is 3.13. The highest BCUT2D eigenvalue weighted by molar-refractivity contribution is 5.45. The number of ether oxygens (including phenoxy) is 1. The minimum absolute atomic E-state index is 0.541. The van der Waals surface area contributed by atoms with E-state index in [1.165, 1.54) is 5.56 Å². The second-order valence-electron chi connectivity index (χ2n) is 4.45. The van der Waals surface area contributed by atoms with Crippen molar-refractivity contribution < 1.29 is 4.74 Å². The Morgan fingerprint density at radius 2 is 2.22 bits per heavy atom. The van der Waals surface area contributed by atoms with Crippen molar-refractivity contribution >= 4 is 5.82 Å². The summed E-state index contributed by atoms with van der Waals surface area (Å²) >= 11 is 0. The molecule has 6 heteroatoms. The summed E-state index contributed by atoms with van der Waals surface area (Å²) in [6.07, 6.45) is 0. The second kappa shape index (κ2) is 4.38. The van der Waals surface area contributed by atoms with Crippen LogP contribution in [0.15, 0.2) is 12.1 Å². The van der Waals surface area contributed by atoms with Crippen LogP contribution < -0.4 is 4.90 Å². The van der Waals surface area contributed by atoms with Gasteiger partial charge in [-0.3, -0.25) is 5.10 Å². The van der Waals surface area contributed by atoms with Crippen molar-refractivity contribution in [3.63, 3.8) is 0 Å². The molecular formula is C12H15N5O. The lowest BCUT2D eigenvalue weighted by Gasteiger charge is -2.15. The molecule has 94 valence electrons. The van der Waals surface area contributed by atoms with E-state index in [2.05, 4.69) is 25.3 Å². The number of hydrogen-bond donors (Lipinski definition) is 1. The highest BCUT2D eigenvalue weighted by Crippen LogP contribution is 2.27. The average Bonchev–Trinajstić information content (AvgIpc) is 2.93. The SMILES string of the molecule is COCc1n[nH]c2c1CN(c1ccc(C)nn1)C2. The van der Waals surface area contributed by atoms with Gasteiger partial charge >= 0.3 is 0 Å². The lowest BCUT2D eigenvalue weighted by Crippen LogP contribution is -2.17. The number of fused-ring (bicyclic) bond motifs is 1. The number of methoxy groups -OCH3 is 1. The molecule has 0 aliphatic carbocycles. The van der Waals surface area contributed by atoms with E-state index >= 15 is 0 Å². The molecule has 0 unspecified atom stereocenters. The van der Waals surface area contributed by atoms with Crippen molar-refractivity contribution in [2.45, 2.75) is 26.6 Å². The number of H-pyrrole nitrogens is 1. The van der Waals surface area contributed by atoms with E-state index in [1.807, 2.05) is 19.1 Å². The standard InChI is InChI=1S/C12H15N5O/c1-8-3-4-12(16-13-8)17-5-9-10(6-17)14-15-11(9)7-18-2/h3-4H,5-7H2,1-2H3,(H,14,15). The summed E-state index contributed by atoms with van der Waals surface area (Å²) < 4.78 is 5.14. The highest BCUT2D eigenvalue weighted by Gasteiger charge is 2.25. The number of hydrogen-bond acceptors (Lipinski definition) is 5. The molecule has 0 fully saturated rings. The van der Waals surface area contributed by atoms with Crippen LogP contribution in [0.2, 0.25) is 0 Å². The first kappa shape index (κ1) is 11.2. The number of nitrogens with one attached hydrogen (secondary N) is 1. The molecule has 0 bridgehead atoms. The van der Waals surface area contributed by atoms with E-state index in [-0.39, 0.29) is 0 Å². The topological polar surface area (TPSA) is 66.9 Å². The largest absolute Gasteiger partial charge is 0.378 e. The van der Waals surface area contributed by atoms with Crippen LogP contribution in [-0.2, 0) is 24.4 Å². The fourth-order valence-electron chi connectivity index (χ4n) is 2.18. The zero-order valence-electron chi connectivity index (χ0n) is 10.5. The molecule has 0 aromatic carbocycles. The number of anilines is 1.